The van der Waals surface area contributed by atoms with Crippen LogP contribution >= 0.6 is 7.82 Å². The van der Waals surface area contributed by atoms with Crippen molar-refractivity contribution in [3.05, 3.63) is 0 Å². The first kappa shape index (κ1) is 26.6. The van der Waals surface area contributed by atoms with E-state index in [0.717, 1.165) is 25.7 Å². The predicted octanol–water partition coefficient (Wildman–Crippen LogP) is 1.30. The maximum Gasteiger partial charge on any atom is 0.472 e. The van der Waals surface area contributed by atoms with Crippen molar-refractivity contribution in [2.75, 3.05) is 13.1 Å². The molecule has 0 spiro atoms. The lowest BCUT2D eigenvalue weighted by atomic mass is 9.85. The first-order valence-electron chi connectivity index (χ1n) is 15.4. The molecule has 0 heterocycles. The van der Waals surface area contributed by atoms with Crippen molar-refractivity contribution in [3.8, 4) is 0 Å². The Labute approximate surface area is 226 Å². The zero-order valence-electron chi connectivity index (χ0n) is 26.3. The van der Waals surface area contributed by atoms with E-state index in [4.69, 9.17) is 6.85 Å². The zero-order valence-corrected chi connectivity index (χ0v) is 22.2. The summed E-state index contributed by atoms with van der Waals surface area (Å²) < 4.78 is 64.2. The van der Waals surface area contributed by atoms with Crippen LogP contribution in [0.4, 0.5) is 0 Å². The number of phosphoric ester groups is 1. The summed E-state index contributed by atoms with van der Waals surface area (Å²) in [5.74, 6) is -1.20. The maximum atomic E-state index is 12.4. The summed E-state index contributed by atoms with van der Waals surface area (Å²) in [4.78, 5) is 22.1. The third kappa shape index (κ3) is 13.8. The highest BCUT2D eigenvalue weighted by atomic mass is 31.2. The van der Waals surface area contributed by atoms with Crippen molar-refractivity contribution in [2.24, 2.45) is 0 Å². The molecule has 8 atom stereocenters. The SMILES string of the molecule is [2H]C([2H])(OC(=O)CCCCCCCCCCCCCC)[C@@]([2H])(O)C([2H])([2H])OP(=O)(O)OC1[C@H](O)[C@H](O)C(O)[C@H](O)[C@H]1O. The highest BCUT2D eigenvalue weighted by Gasteiger charge is 2.51. The van der Waals surface area contributed by atoms with Crippen LogP contribution in [0.1, 0.15) is 97.2 Å². The number of hydrogen-bond acceptors (Lipinski definition) is 11. The molecule has 12 nitrogen and oxygen atoms in total. The summed E-state index contributed by atoms with van der Waals surface area (Å²) in [5, 5.41) is 59.2. The van der Waals surface area contributed by atoms with Gasteiger partial charge in [0.2, 0.25) is 0 Å². The Bertz CT molecular complexity index is 852. The fourth-order valence-electron chi connectivity index (χ4n) is 3.89. The molecule has 0 bridgehead atoms. The largest absolute Gasteiger partial charge is 0.472 e. The highest BCUT2D eigenvalue weighted by Crippen LogP contribution is 2.47. The van der Waals surface area contributed by atoms with E-state index >= 15 is 0 Å². The Morgan fingerprint density at radius 1 is 0.811 bits per heavy atom. The van der Waals surface area contributed by atoms with Crippen molar-refractivity contribution in [3.63, 3.8) is 0 Å². The van der Waals surface area contributed by atoms with Crippen molar-refractivity contribution in [1.29, 1.82) is 0 Å². The number of hydrogen-bond donors (Lipinski definition) is 7. The lowest BCUT2D eigenvalue weighted by Gasteiger charge is -2.41. The zero-order chi connectivity index (χ0) is 32.4. The Morgan fingerprint density at radius 2 is 1.24 bits per heavy atom. The van der Waals surface area contributed by atoms with Crippen molar-refractivity contribution in [2.45, 2.75) is 133 Å². The van der Waals surface area contributed by atoms with Crippen LogP contribution in [-0.2, 0) is 23.1 Å². The third-order valence-electron chi connectivity index (χ3n) is 6.08. The van der Waals surface area contributed by atoms with Gasteiger partial charge in [-0.2, -0.15) is 0 Å². The first-order valence-corrected chi connectivity index (χ1v) is 14.4. The van der Waals surface area contributed by atoms with E-state index in [1.54, 1.807) is 0 Å². The van der Waals surface area contributed by atoms with Gasteiger partial charge in [0.25, 0.3) is 0 Å². The van der Waals surface area contributed by atoms with Gasteiger partial charge in [0.15, 0.2) is 0 Å². The summed E-state index contributed by atoms with van der Waals surface area (Å²) in [5.41, 5.74) is 0. The minimum atomic E-state index is -5.86. The molecule has 13 heteroatoms. The number of esters is 1. The van der Waals surface area contributed by atoms with Gasteiger partial charge in [-0.05, 0) is 6.42 Å². The number of unbranched alkanes of at least 4 members (excludes halogenated alkanes) is 11. The second kappa shape index (κ2) is 18.6. The van der Waals surface area contributed by atoms with Gasteiger partial charge < -0.3 is 40.3 Å². The lowest BCUT2D eigenvalue weighted by Crippen LogP contribution is -2.64. The molecule has 0 aliphatic heterocycles. The molecule has 1 aliphatic carbocycles. The second-order valence-electron chi connectivity index (χ2n) is 9.25. The number of ether oxygens (including phenoxy) is 1. The smallest absolute Gasteiger partial charge is 0.463 e. The van der Waals surface area contributed by atoms with Gasteiger partial charge in [0.1, 0.15) is 49.3 Å². The van der Waals surface area contributed by atoms with Crippen LogP contribution < -0.4 is 0 Å². The number of phosphoric acid groups is 1. The average molecular weight is 564 g/mol. The molecule has 0 saturated heterocycles. The summed E-state index contributed by atoms with van der Waals surface area (Å²) >= 11 is 0. The van der Waals surface area contributed by atoms with E-state index in [0.29, 0.717) is 12.8 Å². The maximum absolute atomic E-state index is 12.4. The molecule has 1 saturated carbocycles. The van der Waals surface area contributed by atoms with Crippen LogP contribution in [0.2, 0.25) is 0 Å². The van der Waals surface area contributed by atoms with Crippen molar-refractivity contribution >= 4 is 13.8 Å². The van der Waals surface area contributed by atoms with Crippen molar-refractivity contribution < 1.29 is 65.5 Å². The molecule has 0 radical (unpaired) electrons. The normalized spacial score (nSPS) is 32.2. The molecular weight excluding hydrogens is 511 g/mol. The molecule has 1 fully saturated rings. The molecule has 1 rings (SSSR count). The van der Waals surface area contributed by atoms with Crippen LogP contribution in [0.25, 0.3) is 0 Å². The fraction of sp³-hybridized carbons (Fsp3) is 0.958. The summed E-state index contributed by atoms with van der Waals surface area (Å²) in [6.45, 7) is -5.74. The Hall–Kier alpha value is -0.660. The molecule has 220 valence electrons. The van der Waals surface area contributed by atoms with Gasteiger partial charge in [-0.1, -0.05) is 77.6 Å². The lowest BCUT2D eigenvalue weighted by molar-refractivity contribution is -0.220. The fourth-order valence-corrected chi connectivity index (χ4v) is 4.69. The molecule has 0 aromatic carbocycles. The van der Waals surface area contributed by atoms with E-state index in [2.05, 4.69) is 20.7 Å². The van der Waals surface area contributed by atoms with Crippen LogP contribution in [-0.4, -0.2) is 97.3 Å². The summed E-state index contributed by atoms with van der Waals surface area (Å²) in [6, 6.07) is 0. The molecule has 1 aliphatic rings. The standard InChI is InChI=1S/C24H47O12P/c1-2-3-4-5-6-7-8-9-10-11-12-13-14-18(26)34-15-17(25)16-35-37(32,33)36-24-22(30)20(28)19(27)21(29)23(24)31/h17,19-25,27-31H,2-16H2,1H3,(H,32,33)/t17-,19?,20-,21+,22-,23-,24?/m1/s1/i15D2,16D2,17D. The Kier molecular flexibility index (Phi) is 13.3. The number of carbonyl (C=O) groups is 1. The quantitative estimate of drug-likeness (QED) is 0.0636. The number of aliphatic hydroxyl groups excluding tert-OH is 5. The van der Waals surface area contributed by atoms with Crippen LogP contribution in [0.5, 0.6) is 0 Å². The molecule has 3 unspecified atom stereocenters. The molecule has 0 aromatic heterocycles. The van der Waals surface area contributed by atoms with Crippen LogP contribution in [0.3, 0.4) is 0 Å². The van der Waals surface area contributed by atoms with Crippen LogP contribution in [0.15, 0.2) is 0 Å². The van der Waals surface area contributed by atoms with Crippen molar-refractivity contribution in [1.82, 2.24) is 0 Å². The number of carbonyl (C=O) groups excluding carboxylic acids is 1. The first-order chi connectivity index (χ1) is 19.3. The van der Waals surface area contributed by atoms with E-state index < -0.39 is 69.6 Å². The van der Waals surface area contributed by atoms with E-state index in [-0.39, 0.29) is 6.42 Å². The van der Waals surface area contributed by atoms with E-state index in [1.165, 1.54) is 38.5 Å². The third-order valence-corrected chi connectivity index (χ3v) is 6.91. The predicted molar refractivity (Wildman–Crippen MR) is 133 cm³/mol. The topological polar surface area (TPSA) is 203 Å². The monoisotopic (exact) mass is 563 g/mol. The molecular formula is C24H47O12P. The van der Waals surface area contributed by atoms with Gasteiger partial charge in [0.05, 0.1) is 13.4 Å². The van der Waals surface area contributed by atoms with Gasteiger partial charge in [-0.3, -0.25) is 13.8 Å². The average Bonchev–Trinajstić information content (AvgIpc) is 2.88. The molecule has 0 aromatic rings. The van der Waals surface area contributed by atoms with Crippen LogP contribution in [0, 0.1) is 0 Å². The number of aliphatic hydroxyl groups is 6. The van der Waals surface area contributed by atoms with E-state index in [9.17, 15) is 44.9 Å². The van der Waals surface area contributed by atoms with E-state index in [1.807, 2.05) is 0 Å². The Balaban J connectivity index is 2.58. The summed E-state index contributed by atoms with van der Waals surface area (Å²) in [7, 11) is -5.86. The number of rotatable bonds is 20. The van der Waals surface area contributed by atoms with Gasteiger partial charge in [-0.25, -0.2) is 4.57 Å². The highest BCUT2D eigenvalue weighted by molar-refractivity contribution is 7.47. The van der Waals surface area contributed by atoms with Gasteiger partial charge in [0, 0.05) is 6.42 Å². The van der Waals surface area contributed by atoms with Gasteiger partial charge in [-0.15, -0.1) is 0 Å². The Morgan fingerprint density at radius 3 is 1.73 bits per heavy atom. The summed E-state index contributed by atoms with van der Waals surface area (Å²) in [6.07, 6.45) is -5.46. The minimum Gasteiger partial charge on any atom is -0.463 e. The minimum absolute atomic E-state index is 0.299. The molecule has 0 amide bonds. The molecule has 37 heavy (non-hydrogen) atoms. The second-order valence-corrected chi connectivity index (χ2v) is 10.6. The molecule has 7 N–H and O–H groups in total. The van der Waals surface area contributed by atoms with Gasteiger partial charge >= 0.3 is 13.8 Å².